The molecule has 0 spiro atoms. The number of hydrogen-bond acceptors (Lipinski definition) is 3. The molecule has 3 heteroatoms. The van der Waals surface area contributed by atoms with E-state index in [-0.39, 0.29) is 0 Å². The molecule has 0 aliphatic carbocycles. The fourth-order valence-corrected chi connectivity index (χ4v) is 0.854. The Morgan fingerprint density at radius 3 is 2.50 bits per heavy atom. The number of hydrogen-bond donors (Lipinski definition) is 0. The first-order chi connectivity index (χ1) is 3.91. The zero-order valence-corrected chi connectivity index (χ0v) is 6.98. The summed E-state index contributed by atoms with van der Waals surface area (Å²) in [5.41, 5.74) is 0. The summed E-state index contributed by atoms with van der Waals surface area (Å²) in [4.78, 5) is 0. The Labute approximate surface area is 59.6 Å². The third-order valence-electron chi connectivity index (χ3n) is 0.633. The summed E-state index contributed by atoms with van der Waals surface area (Å²) < 4.78 is 5.17. The summed E-state index contributed by atoms with van der Waals surface area (Å²) in [7, 11) is 0. The number of thioether (sulfide) groups is 2. The first kappa shape index (κ1) is 8.66. The maximum Gasteiger partial charge on any atom is 0.0918 e. The molecule has 8 heavy (non-hydrogen) atoms. The molecule has 0 heterocycles. The molecule has 0 fully saturated rings. The summed E-state index contributed by atoms with van der Waals surface area (Å²) in [5.74, 6) is 1.95. The molecule has 50 valence electrons. The molecule has 0 aromatic carbocycles. The van der Waals surface area contributed by atoms with Gasteiger partial charge in [-0.3, -0.25) is 0 Å². The van der Waals surface area contributed by atoms with Gasteiger partial charge in [0, 0.05) is 5.75 Å². The second-order valence-corrected chi connectivity index (χ2v) is 3.11. The fraction of sp³-hybridized carbons (Fsp3) is 1.00. The molecule has 0 aliphatic heterocycles. The molecular weight excluding hydrogens is 140 g/mol. The molecule has 0 amide bonds. The maximum atomic E-state index is 5.17. The summed E-state index contributed by atoms with van der Waals surface area (Å²) in [6.45, 7) is 0.891. The lowest BCUT2D eigenvalue weighted by Gasteiger charge is -1.97. The van der Waals surface area contributed by atoms with E-state index >= 15 is 0 Å². The molecule has 0 bridgehead atoms. The minimum Gasteiger partial charge on any atom is -0.370 e. The number of ether oxygens (including phenoxy) is 1. The van der Waals surface area contributed by atoms with Crippen molar-refractivity contribution in [2.75, 3.05) is 30.8 Å². The van der Waals surface area contributed by atoms with Crippen molar-refractivity contribution < 1.29 is 4.74 Å². The van der Waals surface area contributed by atoms with Gasteiger partial charge in [0.25, 0.3) is 0 Å². The third kappa shape index (κ3) is 6.66. The van der Waals surface area contributed by atoms with Crippen molar-refractivity contribution in [3.8, 4) is 0 Å². The van der Waals surface area contributed by atoms with Crippen molar-refractivity contribution in [2.24, 2.45) is 0 Å². The average molecular weight is 152 g/mol. The summed E-state index contributed by atoms with van der Waals surface area (Å²) >= 11 is 3.54. The van der Waals surface area contributed by atoms with Crippen LogP contribution in [0.3, 0.4) is 0 Å². The molecule has 0 rings (SSSR count). The highest BCUT2D eigenvalue weighted by atomic mass is 32.2. The summed E-state index contributed by atoms with van der Waals surface area (Å²) in [6.07, 6.45) is 4.13. The topological polar surface area (TPSA) is 9.23 Å². The molecule has 0 aromatic rings. The first-order valence-corrected chi connectivity index (χ1v) is 5.26. The van der Waals surface area contributed by atoms with E-state index in [2.05, 4.69) is 6.26 Å². The molecule has 1 nitrogen and oxygen atoms in total. The SMILES string of the molecule is CSCCOCSC. The fourth-order valence-electron chi connectivity index (χ4n) is 0.285. The van der Waals surface area contributed by atoms with E-state index < -0.39 is 0 Å². The molecule has 0 aliphatic rings. The van der Waals surface area contributed by atoms with Crippen LogP contribution in [0.25, 0.3) is 0 Å². The van der Waals surface area contributed by atoms with Gasteiger partial charge in [0.05, 0.1) is 12.5 Å². The summed E-state index contributed by atoms with van der Waals surface area (Å²) in [6, 6.07) is 0. The van der Waals surface area contributed by atoms with E-state index in [0.717, 1.165) is 18.3 Å². The van der Waals surface area contributed by atoms with Crippen LogP contribution in [0.1, 0.15) is 0 Å². The van der Waals surface area contributed by atoms with Gasteiger partial charge in [-0.1, -0.05) is 0 Å². The smallest absolute Gasteiger partial charge is 0.0918 e. The van der Waals surface area contributed by atoms with Crippen LogP contribution in [0.15, 0.2) is 0 Å². The Morgan fingerprint density at radius 1 is 1.25 bits per heavy atom. The third-order valence-corrected chi connectivity index (χ3v) is 1.61. The molecule has 0 N–H and O–H groups in total. The van der Waals surface area contributed by atoms with Crippen LogP contribution in [0, 0.1) is 0 Å². The van der Waals surface area contributed by atoms with Gasteiger partial charge in [0.1, 0.15) is 0 Å². The lowest BCUT2D eigenvalue weighted by Crippen LogP contribution is -1.94. The highest BCUT2D eigenvalue weighted by Crippen LogP contribution is 1.94. The van der Waals surface area contributed by atoms with Crippen LogP contribution in [0.5, 0.6) is 0 Å². The predicted octanol–water partition coefficient (Wildman–Crippen LogP) is 1.69. The van der Waals surface area contributed by atoms with Gasteiger partial charge >= 0.3 is 0 Å². The molecular formula is C5H12OS2. The van der Waals surface area contributed by atoms with Gasteiger partial charge in [0.15, 0.2) is 0 Å². The Balaban J connectivity index is 2.53. The van der Waals surface area contributed by atoms with Crippen LogP contribution in [0.4, 0.5) is 0 Å². The molecule has 0 unspecified atom stereocenters. The van der Waals surface area contributed by atoms with Gasteiger partial charge in [0.2, 0.25) is 0 Å². The molecule has 0 saturated carbocycles. The highest BCUT2D eigenvalue weighted by Gasteiger charge is 1.82. The molecule has 0 aromatic heterocycles. The standard InChI is InChI=1S/C5H12OS2/c1-7-4-3-6-5-8-2/h3-5H2,1-2H3. The van der Waals surface area contributed by atoms with Crippen LogP contribution in [0.2, 0.25) is 0 Å². The van der Waals surface area contributed by atoms with Crippen LogP contribution >= 0.6 is 23.5 Å². The highest BCUT2D eigenvalue weighted by molar-refractivity contribution is 7.98. The van der Waals surface area contributed by atoms with Crippen molar-refractivity contribution in [1.29, 1.82) is 0 Å². The van der Waals surface area contributed by atoms with Crippen LogP contribution < -0.4 is 0 Å². The lowest BCUT2D eigenvalue weighted by atomic mass is 10.9. The second kappa shape index (κ2) is 7.66. The van der Waals surface area contributed by atoms with Gasteiger partial charge in [-0.05, 0) is 12.5 Å². The monoisotopic (exact) mass is 152 g/mol. The van der Waals surface area contributed by atoms with Gasteiger partial charge in [-0.2, -0.15) is 11.8 Å². The summed E-state index contributed by atoms with van der Waals surface area (Å²) in [5, 5.41) is 0. The Hall–Kier alpha value is 0.660. The van der Waals surface area contributed by atoms with Crippen molar-refractivity contribution in [1.82, 2.24) is 0 Å². The van der Waals surface area contributed by atoms with Crippen molar-refractivity contribution in [2.45, 2.75) is 0 Å². The Bertz CT molecular complexity index is 35.4. The first-order valence-electron chi connectivity index (χ1n) is 2.47. The van der Waals surface area contributed by atoms with E-state index in [1.807, 2.05) is 18.0 Å². The van der Waals surface area contributed by atoms with E-state index in [9.17, 15) is 0 Å². The average Bonchev–Trinajstić information content (AvgIpc) is 1.81. The lowest BCUT2D eigenvalue weighted by molar-refractivity contribution is 0.202. The number of rotatable bonds is 5. The van der Waals surface area contributed by atoms with E-state index in [1.165, 1.54) is 0 Å². The van der Waals surface area contributed by atoms with E-state index in [0.29, 0.717) is 0 Å². The normalized spacial score (nSPS) is 9.75. The van der Waals surface area contributed by atoms with Gasteiger partial charge in [-0.15, -0.1) is 11.8 Å². The van der Waals surface area contributed by atoms with E-state index in [4.69, 9.17) is 4.74 Å². The molecule has 0 radical (unpaired) electrons. The molecule has 0 saturated heterocycles. The molecule has 0 atom stereocenters. The van der Waals surface area contributed by atoms with E-state index in [1.54, 1.807) is 11.8 Å². The Kier molecular flexibility index (Phi) is 8.29. The van der Waals surface area contributed by atoms with Crippen molar-refractivity contribution in [3.63, 3.8) is 0 Å². The second-order valence-electron chi connectivity index (χ2n) is 1.31. The zero-order chi connectivity index (χ0) is 6.24. The van der Waals surface area contributed by atoms with Gasteiger partial charge < -0.3 is 4.74 Å². The van der Waals surface area contributed by atoms with Crippen LogP contribution in [-0.4, -0.2) is 30.8 Å². The maximum absolute atomic E-state index is 5.17. The largest absolute Gasteiger partial charge is 0.370 e. The minimum atomic E-state index is 0.834. The van der Waals surface area contributed by atoms with Crippen molar-refractivity contribution in [3.05, 3.63) is 0 Å². The van der Waals surface area contributed by atoms with Crippen molar-refractivity contribution >= 4 is 23.5 Å². The quantitative estimate of drug-likeness (QED) is 0.438. The van der Waals surface area contributed by atoms with Crippen LogP contribution in [-0.2, 0) is 4.74 Å². The zero-order valence-electron chi connectivity index (χ0n) is 5.35. The Morgan fingerprint density at radius 2 is 2.00 bits per heavy atom. The predicted molar refractivity (Wildman–Crippen MR) is 42.7 cm³/mol. The minimum absolute atomic E-state index is 0.834. The van der Waals surface area contributed by atoms with Gasteiger partial charge in [-0.25, -0.2) is 0 Å².